The molecule has 2 aromatic heterocycles. The molecule has 1 aliphatic rings. The lowest BCUT2D eigenvalue weighted by Gasteiger charge is -2.22. The maximum absolute atomic E-state index is 6.73. The minimum atomic E-state index is 0.641. The van der Waals surface area contributed by atoms with Gasteiger partial charge in [-0.25, -0.2) is 9.97 Å². The van der Waals surface area contributed by atoms with Gasteiger partial charge in [-0.1, -0.05) is 97.1 Å². The van der Waals surface area contributed by atoms with E-state index < -0.39 is 0 Å². The van der Waals surface area contributed by atoms with E-state index in [1.54, 1.807) is 0 Å². The Morgan fingerprint density at radius 1 is 0.525 bits per heavy atom. The molecular formula is C36H21N3O. The Kier molecular flexibility index (Phi) is 4.30. The molecule has 9 rings (SSSR count). The Balaban J connectivity index is 1.39. The van der Waals surface area contributed by atoms with Crippen molar-refractivity contribution < 1.29 is 4.74 Å². The molecule has 0 fully saturated rings. The number of aromatic nitrogens is 3. The summed E-state index contributed by atoms with van der Waals surface area (Å²) in [5.74, 6) is 2.41. The van der Waals surface area contributed by atoms with Gasteiger partial charge in [-0.15, -0.1) is 0 Å². The Hall–Kier alpha value is -5.48. The van der Waals surface area contributed by atoms with E-state index in [4.69, 9.17) is 14.7 Å². The van der Waals surface area contributed by atoms with Gasteiger partial charge in [-0.3, -0.25) is 4.57 Å². The van der Waals surface area contributed by atoms with Crippen molar-refractivity contribution in [3.63, 3.8) is 0 Å². The minimum Gasteiger partial charge on any atom is -0.455 e. The van der Waals surface area contributed by atoms with Crippen LogP contribution < -0.4 is 4.74 Å². The van der Waals surface area contributed by atoms with Crippen molar-refractivity contribution in [3.05, 3.63) is 127 Å². The van der Waals surface area contributed by atoms with Crippen LogP contribution in [0.1, 0.15) is 0 Å². The second-order valence-corrected chi connectivity index (χ2v) is 10.2. The second-order valence-electron chi connectivity index (χ2n) is 10.2. The number of ether oxygens (including phenoxy) is 1. The van der Waals surface area contributed by atoms with Gasteiger partial charge in [0.1, 0.15) is 11.5 Å². The van der Waals surface area contributed by atoms with E-state index in [1.165, 1.54) is 10.9 Å². The zero-order valence-electron chi connectivity index (χ0n) is 21.4. The Morgan fingerprint density at radius 3 is 2.20 bits per heavy atom. The van der Waals surface area contributed by atoms with Crippen molar-refractivity contribution in [3.8, 4) is 39.8 Å². The van der Waals surface area contributed by atoms with Crippen LogP contribution in [-0.2, 0) is 0 Å². The van der Waals surface area contributed by atoms with Crippen molar-refractivity contribution in [1.82, 2.24) is 14.5 Å². The van der Waals surface area contributed by atoms with Crippen molar-refractivity contribution in [1.29, 1.82) is 0 Å². The van der Waals surface area contributed by atoms with Crippen molar-refractivity contribution in [2.75, 3.05) is 0 Å². The molecule has 0 N–H and O–H groups in total. The Morgan fingerprint density at radius 2 is 1.30 bits per heavy atom. The molecule has 40 heavy (non-hydrogen) atoms. The molecule has 0 saturated heterocycles. The van der Waals surface area contributed by atoms with E-state index in [1.807, 2.05) is 30.3 Å². The number of nitrogens with zero attached hydrogens (tertiary/aromatic N) is 3. The molecule has 8 aromatic rings. The molecule has 0 aliphatic carbocycles. The second kappa shape index (κ2) is 8.01. The van der Waals surface area contributed by atoms with Crippen LogP contribution in [0.15, 0.2) is 127 Å². The highest BCUT2D eigenvalue weighted by Gasteiger charge is 2.26. The number of hydrogen-bond acceptors (Lipinski definition) is 3. The summed E-state index contributed by atoms with van der Waals surface area (Å²) < 4.78 is 8.90. The third kappa shape index (κ3) is 2.90. The first-order chi connectivity index (χ1) is 19.8. The molecule has 0 saturated carbocycles. The number of fused-ring (bicyclic) bond motifs is 7. The molecule has 6 aromatic carbocycles. The molecule has 0 bridgehead atoms. The van der Waals surface area contributed by atoms with Gasteiger partial charge in [-0.05, 0) is 41.3 Å². The minimum absolute atomic E-state index is 0.641. The summed E-state index contributed by atoms with van der Waals surface area (Å²) in [5, 5.41) is 5.55. The SMILES string of the molecule is c1ccc(-c2nc(-n3c4ccccc4c4c5c(ccc43)-c3cccc4cccc(c34)O5)nc3ccccc23)cc1. The zero-order chi connectivity index (χ0) is 26.2. The molecular weight excluding hydrogens is 490 g/mol. The number of rotatable bonds is 2. The molecule has 1 aliphatic heterocycles. The Bertz CT molecular complexity index is 2300. The lowest BCUT2D eigenvalue weighted by atomic mass is 9.93. The largest absolute Gasteiger partial charge is 0.455 e. The summed E-state index contributed by atoms with van der Waals surface area (Å²) in [6.45, 7) is 0. The molecule has 0 radical (unpaired) electrons. The van der Waals surface area contributed by atoms with Gasteiger partial charge in [0, 0.05) is 27.3 Å². The summed E-state index contributed by atoms with van der Waals surface area (Å²) in [7, 11) is 0. The van der Waals surface area contributed by atoms with Crippen LogP contribution in [0, 0.1) is 0 Å². The predicted molar refractivity (Wildman–Crippen MR) is 162 cm³/mol. The normalized spacial score (nSPS) is 12.2. The van der Waals surface area contributed by atoms with Crippen molar-refractivity contribution in [2.24, 2.45) is 0 Å². The molecule has 0 atom stereocenters. The summed E-state index contributed by atoms with van der Waals surface area (Å²) in [6, 6.07) is 44.1. The highest BCUT2D eigenvalue weighted by molar-refractivity contribution is 6.17. The summed E-state index contributed by atoms with van der Waals surface area (Å²) in [4.78, 5) is 10.3. The standard InChI is InChI=1S/C36H21N3O/c1-2-10-23(11-3-1)34-26-14-4-6-17-28(26)37-36(38-34)39-29-18-7-5-15-27(29)33-30(39)21-20-25-24-16-8-12-22-13-9-19-31(32(22)24)40-35(25)33/h1-21H. The van der Waals surface area contributed by atoms with E-state index in [9.17, 15) is 0 Å². The maximum Gasteiger partial charge on any atom is 0.235 e. The molecule has 4 nitrogen and oxygen atoms in total. The van der Waals surface area contributed by atoms with E-state index >= 15 is 0 Å². The van der Waals surface area contributed by atoms with Gasteiger partial charge in [0.05, 0.1) is 27.6 Å². The van der Waals surface area contributed by atoms with Crippen LogP contribution >= 0.6 is 0 Å². The lowest BCUT2D eigenvalue weighted by Crippen LogP contribution is -2.03. The monoisotopic (exact) mass is 511 g/mol. The summed E-state index contributed by atoms with van der Waals surface area (Å²) >= 11 is 0. The number of benzene rings is 6. The molecule has 0 amide bonds. The maximum atomic E-state index is 6.73. The zero-order valence-corrected chi connectivity index (χ0v) is 21.4. The average molecular weight is 512 g/mol. The van der Waals surface area contributed by atoms with Crippen LogP contribution in [0.2, 0.25) is 0 Å². The van der Waals surface area contributed by atoms with Gasteiger partial charge >= 0.3 is 0 Å². The number of hydrogen-bond donors (Lipinski definition) is 0. The summed E-state index contributed by atoms with van der Waals surface area (Å²) in [6.07, 6.45) is 0. The van der Waals surface area contributed by atoms with Crippen molar-refractivity contribution in [2.45, 2.75) is 0 Å². The first kappa shape index (κ1) is 21.5. The predicted octanol–water partition coefficient (Wildman–Crippen LogP) is 9.32. The summed E-state index contributed by atoms with van der Waals surface area (Å²) in [5.41, 5.74) is 7.25. The molecule has 0 unspecified atom stereocenters. The fraction of sp³-hybridized carbons (Fsp3) is 0. The third-order valence-corrected chi connectivity index (χ3v) is 8.00. The van der Waals surface area contributed by atoms with Crippen molar-refractivity contribution >= 4 is 43.5 Å². The van der Waals surface area contributed by atoms with E-state index in [0.29, 0.717) is 5.95 Å². The van der Waals surface area contributed by atoms with Crippen LogP contribution in [0.3, 0.4) is 0 Å². The smallest absolute Gasteiger partial charge is 0.235 e. The first-order valence-corrected chi connectivity index (χ1v) is 13.4. The van der Waals surface area contributed by atoms with Gasteiger partial charge in [-0.2, -0.15) is 0 Å². The number of para-hydroxylation sites is 2. The molecule has 3 heterocycles. The molecule has 186 valence electrons. The van der Waals surface area contributed by atoms with E-state index in [2.05, 4.69) is 102 Å². The quantitative estimate of drug-likeness (QED) is 0.232. The highest BCUT2D eigenvalue weighted by Crippen LogP contribution is 2.51. The lowest BCUT2D eigenvalue weighted by molar-refractivity contribution is 0.493. The van der Waals surface area contributed by atoms with Gasteiger partial charge in [0.25, 0.3) is 0 Å². The molecule has 0 spiro atoms. The third-order valence-electron chi connectivity index (χ3n) is 8.00. The van der Waals surface area contributed by atoms with Crippen LogP contribution in [0.25, 0.3) is 71.8 Å². The topological polar surface area (TPSA) is 39.9 Å². The van der Waals surface area contributed by atoms with Crippen LogP contribution in [0.5, 0.6) is 11.5 Å². The highest BCUT2D eigenvalue weighted by atomic mass is 16.5. The van der Waals surface area contributed by atoms with Gasteiger partial charge in [0.2, 0.25) is 5.95 Å². The fourth-order valence-electron chi connectivity index (χ4n) is 6.27. The van der Waals surface area contributed by atoms with Gasteiger partial charge in [0.15, 0.2) is 0 Å². The van der Waals surface area contributed by atoms with Gasteiger partial charge < -0.3 is 4.74 Å². The van der Waals surface area contributed by atoms with E-state index in [0.717, 1.165) is 66.4 Å². The Labute approximate surface area is 229 Å². The average Bonchev–Trinajstić information content (AvgIpc) is 3.36. The fourth-order valence-corrected chi connectivity index (χ4v) is 6.27. The molecule has 4 heteroatoms. The van der Waals surface area contributed by atoms with Crippen LogP contribution in [0.4, 0.5) is 0 Å². The van der Waals surface area contributed by atoms with Crippen LogP contribution in [-0.4, -0.2) is 14.5 Å². The van der Waals surface area contributed by atoms with E-state index in [-0.39, 0.29) is 0 Å². The first-order valence-electron chi connectivity index (χ1n) is 13.4.